The van der Waals surface area contributed by atoms with Gasteiger partial charge in [-0.1, -0.05) is 6.07 Å². The molecule has 1 fully saturated rings. The van der Waals surface area contributed by atoms with Gasteiger partial charge in [0.05, 0.1) is 17.5 Å². The van der Waals surface area contributed by atoms with Crippen molar-refractivity contribution in [2.45, 2.75) is 26.2 Å². The number of benzene rings is 1. The van der Waals surface area contributed by atoms with Crippen molar-refractivity contribution in [3.8, 4) is 0 Å². The minimum absolute atomic E-state index is 0.0405. The molecule has 144 valence electrons. The van der Waals surface area contributed by atoms with Gasteiger partial charge >= 0.3 is 5.97 Å². The largest absolute Gasteiger partial charge is 0.466 e. The van der Waals surface area contributed by atoms with Gasteiger partial charge in [0.1, 0.15) is 17.3 Å². The number of likely N-dealkylation sites (tertiary alicyclic amines) is 1. The summed E-state index contributed by atoms with van der Waals surface area (Å²) in [4.78, 5) is 31.1. The maximum atomic E-state index is 14.2. The molecule has 1 aromatic heterocycles. The highest BCUT2D eigenvalue weighted by Crippen LogP contribution is 2.36. The summed E-state index contributed by atoms with van der Waals surface area (Å²) in [5.41, 5.74) is 1.06. The average molecular weight is 394 g/mol. The van der Waals surface area contributed by atoms with Crippen LogP contribution in [0, 0.1) is 17.0 Å². The van der Waals surface area contributed by atoms with E-state index >= 15 is 0 Å². The average Bonchev–Trinajstić information content (AvgIpc) is 3.18. The molecule has 0 radical (unpaired) electrons. The van der Waals surface area contributed by atoms with Gasteiger partial charge in [-0.05, 0) is 37.8 Å². The summed E-state index contributed by atoms with van der Waals surface area (Å²) in [7, 11) is 0. The molecule has 1 saturated heterocycles. The second-order valence-electron chi connectivity index (χ2n) is 6.62. The van der Waals surface area contributed by atoms with Crippen LogP contribution in [0.15, 0.2) is 29.1 Å². The quantitative estimate of drug-likeness (QED) is 0.729. The summed E-state index contributed by atoms with van der Waals surface area (Å²) >= 11 is 1.32. The number of aromatic nitrogens is 1. The lowest BCUT2D eigenvalue weighted by atomic mass is 9.75. The number of nitrogens with zero attached hydrogens (tertiary/aromatic N) is 2. The molecule has 2 heterocycles. The molecule has 0 N–H and O–H groups in total. The van der Waals surface area contributed by atoms with Crippen molar-refractivity contribution >= 4 is 23.2 Å². The Morgan fingerprint density at radius 3 is 2.85 bits per heavy atom. The van der Waals surface area contributed by atoms with E-state index in [0.29, 0.717) is 25.1 Å². The van der Waals surface area contributed by atoms with E-state index in [1.165, 1.54) is 17.4 Å². The minimum atomic E-state index is -1.07. The molecule has 1 amide bonds. The van der Waals surface area contributed by atoms with Gasteiger partial charge in [0.25, 0.3) is 5.91 Å². The zero-order valence-electron chi connectivity index (χ0n) is 14.9. The number of piperidine rings is 1. The van der Waals surface area contributed by atoms with Crippen molar-refractivity contribution < 1.29 is 23.1 Å². The van der Waals surface area contributed by atoms with Crippen molar-refractivity contribution in [1.29, 1.82) is 0 Å². The Labute approximate surface area is 160 Å². The third-order valence-corrected chi connectivity index (χ3v) is 5.35. The predicted octanol–water partition coefficient (Wildman–Crippen LogP) is 3.45. The third kappa shape index (κ3) is 4.16. The van der Waals surface area contributed by atoms with Crippen LogP contribution in [0.5, 0.6) is 0 Å². The molecule has 1 aliphatic heterocycles. The lowest BCUT2D eigenvalue weighted by Gasteiger charge is -2.41. The van der Waals surface area contributed by atoms with Crippen LogP contribution < -0.4 is 0 Å². The van der Waals surface area contributed by atoms with E-state index in [0.717, 1.165) is 12.1 Å². The van der Waals surface area contributed by atoms with E-state index in [2.05, 4.69) is 4.98 Å². The maximum absolute atomic E-state index is 14.2. The Morgan fingerprint density at radius 2 is 2.19 bits per heavy atom. The highest BCUT2D eigenvalue weighted by molar-refractivity contribution is 7.07. The standard InChI is InChI=1S/C19H20F2N2O3S/c1-2-26-18(25)19(9-13-4-5-14(20)8-15(13)21)6-3-7-23(11-19)17(24)16-10-27-12-22-16/h4-5,8,10,12H,2-3,6-7,9,11H2,1H3/t19-/m1/s1. The minimum Gasteiger partial charge on any atom is -0.466 e. The van der Waals surface area contributed by atoms with Crippen LogP contribution in [0.25, 0.3) is 0 Å². The summed E-state index contributed by atoms with van der Waals surface area (Å²) in [6.07, 6.45) is 1.08. The molecule has 0 spiro atoms. The van der Waals surface area contributed by atoms with Crippen LogP contribution in [-0.4, -0.2) is 41.5 Å². The van der Waals surface area contributed by atoms with Gasteiger partial charge in [0.2, 0.25) is 0 Å². The van der Waals surface area contributed by atoms with E-state index in [9.17, 15) is 18.4 Å². The smallest absolute Gasteiger partial charge is 0.314 e. The first-order valence-corrected chi connectivity index (χ1v) is 9.68. The monoisotopic (exact) mass is 394 g/mol. The number of rotatable bonds is 5. The topological polar surface area (TPSA) is 59.5 Å². The molecule has 27 heavy (non-hydrogen) atoms. The Balaban J connectivity index is 1.90. The first-order valence-electron chi connectivity index (χ1n) is 8.74. The summed E-state index contributed by atoms with van der Waals surface area (Å²) in [6, 6.07) is 3.31. The van der Waals surface area contributed by atoms with Gasteiger partial charge in [0.15, 0.2) is 0 Å². The van der Waals surface area contributed by atoms with E-state index in [-0.39, 0.29) is 31.0 Å². The van der Waals surface area contributed by atoms with Crippen LogP contribution in [0.3, 0.4) is 0 Å². The van der Waals surface area contributed by atoms with Crippen LogP contribution in [0.2, 0.25) is 0 Å². The summed E-state index contributed by atoms with van der Waals surface area (Å²) < 4.78 is 32.7. The van der Waals surface area contributed by atoms with E-state index in [1.807, 2.05) is 0 Å². The molecule has 5 nitrogen and oxygen atoms in total. The normalized spacial score (nSPS) is 19.7. The molecule has 1 atom stereocenters. The molecule has 1 aliphatic rings. The second kappa shape index (κ2) is 8.12. The van der Waals surface area contributed by atoms with Crippen LogP contribution in [0.1, 0.15) is 35.8 Å². The van der Waals surface area contributed by atoms with Crippen LogP contribution >= 0.6 is 11.3 Å². The van der Waals surface area contributed by atoms with Gasteiger partial charge in [0, 0.05) is 24.5 Å². The predicted molar refractivity (Wildman–Crippen MR) is 96.4 cm³/mol. The molecular formula is C19H20F2N2O3S. The van der Waals surface area contributed by atoms with Crippen molar-refractivity contribution in [2.24, 2.45) is 5.41 Å². The number of hydrogen-bond acceptors (Lipinski definition) is 5. The van der Waals surface area contributed by atoms with Gasteiger partial charge < -0.3 is 9.64 Å². The molecule has 0 saturated carbocycles. The SMILES string of the molecule is CCOC(=O)[C@@]1(Cc2ccc(F)cc2F)CCCN(C(=O)c2cscn2)C1. The highest BCUT2D eigenvalue weighted by Gasteiger charge is 2.45. The van der Waals surface area contributed by atoms with Crippen molar-refractivity contribution in [3.63, 3.8) is 0 Å². The Morgan fingerprint density at radius 1 is 1.37 bits per heavy atom. The Hall–Kier alpha value is -2.35. The highest BCUT2D eigenvalue weighted by atomic mass is 32.1. The number of hydrogen-bond donors (Lipinski definition) is 0. The van der Waals surface area contributed by atoms with Crippen LogP contribution in [-0.2, 0) is 16.0 Å². The van der Waals surface area contributed by atoms with Gasteiger partial charge in [-0.15, -0.1) is 11.3 Å². The van der Waals surface area contributed by atoms with E-state index in [1.54, 1.807) is 22.7 Å². The second-order valence-corrected chi connectivity index (χ2v) is 7.34. The molecule has 0 aliphatic carbocycles. The van der Waals surface area contributed by atoms with Crippen molar-refractivity contribution in [2.75, 3.05) is 19.7 Å². The molecule has 2 aromatic rings. The summed E-state index contributed by atoms with van der Waals surface area (Å²) in [5, 5.41) is 1.66. The van der Waals surface area contributed by atoms with E-state index < -0.39 is 23.0 Å². The third-order valence-electron chi connectivity index (χ3n) is 4.77. The first kappa shape index (κ1) is 19.4. The number of ether oxygens (including phenoxy) is 1. The number of thiazole rings is 1. The Bertz CT molecular complexity index is 828. The molecule has 3 rings (SSSR count). The fourth-order valence-electron chi connectivity index (χ4n) is 3.48. The number of carbonyl (C=O) groups excluding carboxylic acids is 2. The molecule has 1 aromatic carbocycles. The molecule has 0 unspecified atom stereocenters. The lowest BCUT2D eigenvalue weighted by Crippen LogP contribution is -2.51. The lowest BCUT2D eigenvalue weighted by molar-refractivity contribution is -0.158. The van der Waals surface area contributed by atoms with Crippen LogP contribution in [0.4, 0.5) is 8.78 Å². The summed E-state index contributed by atoms with van der Waals surface area (Å²) in [5.74, 6) is -2.11. The van der Waals surface area contributed by atoms with Crippen molar-refractivity contribution in [1.82, 2.24) is 9.88 Å². The Kier molecular flexibility index (Phi) is 5.84. The maximum Gasteiger partial charge on any atom is 0.314 e. The van der Waals surface area contributed by atoms with Gasteiger partial charge in [-0.3, -0.25) is 9.59 Å². The molecule has 8 heteroatoms. The van der Waals surface area contributed by atoms with E-state index in [4.69, 9.17) is 4.74 Å². The first-order chi connectivity index (χ1) is 12.9. The number of amides is 1. The fraction of sp³-hybridized carbons (Fsp3) is 0.421. The van der Waals surface area contributed by atoms with Crippen molar-refractivity contribution in [3.05, 3.63) is 52.0 Å². The number of halogens is 2. The van der Waals surface area contributed by atoms with Gasteiger partial charge in [-0.2, -0.15) is 0 Å². The molecule has 0 bridgehead atoms. The summed E-state index contributed by atoms with van der Waals surface area (Å²) in [6.45, 7) is 2.49. The zero-order valence-corrected chi connectivity index (χ0v) is 15.7. The number of carbonyl (C=O) groups is 2. The fourth-order valence-corrected chi connectivity index (χ4v) is 4.01. The van der Waals surface area contributed by atoms with Gasteiger partial charge in [-0.25, -0.2) is 13.8 Å². The zero-order chi connectivity index (χ0) is 19.4. The molecular weight excluding hydrogens is 374 g/mol. The number of esters is 1.